The number of anilines is 1. The Morgan fingerprint density at radius 3 is 2.69 bits per heavy atom. The lowest BCUT2D eigenvalue weighted by Crippen LogP contribution is -2.44. The molecule has 7 nitrogen and oxygen atoms in total. The first-order chi connectivity index (χ1) is 15.3. The van der Waals surface area contributed by atoms with Gasteiger partial charge in [0, 0.05) is 28.7 Å². The van der Waals surface area contributed by atoms with Crippen LogP contribution in [0.4, 0.5) is 5.13 Å². The van der Waals surface area contributed by atoms with E-state index in [0.29, 0.717) is 45.1 Å². The molecule has 32 heavy (non-hydrogen) atoms. The van der Waals surface area contributed by atoms with E-state index in [1.165, 1.54) is 21.7 Å². The molecule has 0 saturated carbocycles. The topological polar surface area (TPSA) is 92.3 Å². The lowest BCUT2D eigenvalue weighted by atomic mass is 9.99. The molecule has 4 rings (SSSR count). The second kappa shape index (κ2) is 9.84. The molecule has 2 aromatic carbocycles. The van der Waals surface area contributed by atoms with Gasteiger partial charge in [0.05, 0.1) is 11.7 Å². The summed E-state index contributed by atoms with van der Waals surface area (Å²) in [5.41, 5.74) is 1.39. The molecule has 1 fully saturated rings. The van der Waals surface area contributed by atoms with Crippen LogP contribution in [0.25, 0.3) is 10.6 Å². The van der Waals surface area contributed by atoms with Gasteiger partial charge in [-0.15, -0.1) is 10.2 Å². The molecule has 1 aliphatic rings. The number of halogens is 2. The van der Waals surface area contributed by atoms with Crippen molar-refractivity contribution in [3.05, 3.63) is 64.1 Å². The molecule has 2 heterocycles. The summed E-state index contributed by atoms with van der Waals surface area (Å²) >= 11 is 13.3. The highest BCUT2D eigenvalue weighted by Crippen LogP contribution is 2.29. The van der Waals surface area contributed by atoms with E-state index < -0.39 is 15.9 Å². The Morgan fingerprint density at radius 2 is 1.94 bits per heavy atom. The standard InChI is InChI=1S/C21H20Cl2N4O3S2/c22-17-9-8-16(18(23)11-17)13-32(29,30)27-10-4-7-15(12-27)19(28)24-21-26-25-20(31-21)14-5-2-1-3-6-14/h1-3,5-6,8-9,11,15H,4,7,10,12-13H2,(H,24,26,28). The minimum absolute atomic E-state index is 0.115. The number of amides is 1. The maximum atomic E-state index is 13.0. The third-order valence-corrected chi connectivity index (χ3v) is 8.45. The molecule has 0 spiro atoms. The molecule has 168 valence electrons. The summed E-state index contributed by atoms with van der Waals surface area (Å²) in [5, 5.41) is 12.8. The van der Waals surface area contributed by atoms with Gasteiger partial charge in [0.25, 0.3) is 0 Å². The van der Waals surface area contributed by atoms with E-state index in [2.05, 4.69) is 15.5 Å². The minimum Gasteiger partial charge on any atom is -0.300 e. The monoisotopic (exact) mass is 510 g/mol. The fourth-order valence-corrected chi connectivity index (χ4v) is 6.46. The molecular weight excluding hydrogens is 491 g/mol. The van der Waals surface area contributed by atoms with Crippen molar-refractivity contribution in [3.63, 3.8) is 0 Å². The predicted octanol–water partition coefficient (Wildman–Crippen LogP) is 4.69. The summed E-state index contributed by atoms with van der Waals surface area (Å²) < 4.78 is 27.3. The van der Waals surface area contributed by atoms with Crippen LogP contribution in [0.15, 0.2) is 48.5 Å². The quantitative estimate of drug-likeness (QED) is 0.518. The lowest BCUT2D eigenvalue weighted by molar-refractivity contribution is -0.120. The van der Waals surface area contributed by atoms with Crippen molar-refractivity contribution < 1.29 is 13.2 Å². The van der Waals surface area contributed by atoms with Crippen LogP contribution in [-0.4, -0.2) is 41.9 Å². The van der Waals surface area contributed by atoms with E-state index in [4.69, 9.17) is 23.2 Å². The van der Waals surface area contributed by atoms with E-state index in [-0.39, 0.29) is 18.2 Å². The second-order valence-electron chi connectivity index (χ2n) is 7.46. The van der Waals surface area contributed by atoms with Gasteiger partial charge in [-0.2, -0.15) is 0 Å². The number of carbonyl (C=O) groups excluding carboxylic acids is 1. The molecule has 1 N–H and O–H groups in total. The number of rotatable bonds is 6. The number of piperidine rings is 1. The largest absolute Gasteiger partial charge is 0.300 e. The number of sulfonamides is 1. The average Bonchev–Trinajstić information content (AvgIpc) is 3.25. The highest BCUT2D eigenvalue weighted by molar-refractivity contribution is 7.88. The van der Waals surface area contributed by atoms with Crippen LogP contribution < -0.4 is 5.32 Å². The molecule has 1 saturated heterocycles. The van der Waals surface area contributed by atoms with Gasteiger partial charge in [-0.1, -0.05) is 70.9 Å². The van der Waals surface area contributed by atoms with Gasteiger partial charge in [-0.05, 0) is 30.5 Å². The first kappa shape index (κ1) is 23.1. The summed E-state index contributed by atoms with van der Waals surface area (Å²) in [5.74, 6) is -0.970. The maximum absolute atomic E-state index is 13.0. The van der Waals surface area contributed by atoms with Gasteiger partial charge < -0.3 is 5.32 Å². The Hall–Kier alpha value is -2.04. The van der Waals surface area contributed by atoms with Crippen molar-refractivity contribution in [2.24, 2.45) is 5.92 Å². The van der Waals surface area contributed by atoms with E-state index >= 15 is 0 Å². The molecule has 1 aromatic heterocycles. The third kappa shape index (κ3) is 5.47. The van der Waals surface area contributed by atoms with Gasteiger partial charge in [0.1, 0.15) is 5.01 Å². The van der Waals surface area contributed by atoms with Crippen molar-refractivity contribution in [2.75, 3.05) is 18.4 Å². The first-order valence-corrected chi connectivity index (χ1v) is 13.1. The zero-order valence-electron chi connectivity index (χ0n) is 16.9. The fraction of sp³-hybridized carbons (Fsp3) is 0.286. The number of carbonyl (C=O) groups is 1. The summed E-state index contributed by atoms with van der Waals surface area (Å²) in [6.07, 6.45) is 1.20. The molecule has 1 atom stereocenters. The zero-order valence-corrected chi connectivity index (χ0v) is 20.0. The number of nitrogens with one attached hydrogen (secondary N) is 1. The molecule has 3 aromatic rings. The fourth-order valence-electron chi connectivity index (χ4n) is 3.51. The Balaban J connectivity index is 1.41. The van der Waals surface area contributed by atoms with Gasteiger partial charge in [0.15, 0.2) is 0 Å². The summed E-state index contributed by atoms with van der Waals surface area (Å²) in [6, 6.07) is 14.3. The van der Waals surface area contributed by atoms with Crippen LogP contribution in [0.5, 0.6) is 0 Å². The molecule has 1 aliphatic heterocycles. The van der Waals surface area contributed by atoms with Crippen molar-refractivity contribution in [1.82, 2.24) is 14.5 Å². The van der Waals surface area contributed by atoms with Crippen molar-refractivity contribution in [3.8, 4) is 10.6 Å². The Morgan fingerprint density at radius 1 is 1.16 bits per heavy atom. The summed E-state index contributed by atoms with van der Waals surface area (Å²) in [7, 11) is -3.64. The van der Waals surface area contributed by atoms with E-state index in [9.17, 15) is 13.2 Å². The van der Waals surface area contributed by atoms with Crippen LogP contribution >= 0.6 is 34.5 Å². The summed E-state index contributed by atoms with van der Waals surface area (Å²) in [4.78, 5) is 12.8. The van der Waals surface area contributed by atoms with Crippen LogP contribution in [0.1, 0.15) is 18.4 Å². The van der Waals surface area contributed by atoms with Gasteiger partial charge in [-0.3, -0.25) is 4.79 Å². The van der Waals surface area contributed by atoms with Crippen LogP contribution in [-0.2, 0) is 20.6 Å². The highest BCUT2D eigenvalue weighted by Gasteiger charge is 2.33. The maximum Gasteiger partial charge on any atom is 0.230 e. The molecule has 0 radical (unpaired) electrons. The predicted molar refractivity (Wildman–Crippen MR) is 127 cm³/mol. The molecule has 0 bridgehead atoms. The van der Waals surface area contributed by atoms with Gasteiger partial charge >= 0.3 is 0 Å². The average molecular weight is 511 g/mol. The third-order valence-electron chi connectivity index (χ3n) is 5.18. The Bertz CT molecular complexity index is 1220. The smallest absolute Gasteiger partial charge is 0.230 e. The van der Waals surface area contributed by atoms with Crippen LogP contribution in [0.2, 0.25) is 10.0 Å². The highest BCUT2D eigenvalue weighted by atomic mass is 35.5. The van der Waals surface area contributed by atoms with Gasteiger partial charge in [-0.25, -0.2) is 12.7 Å². The zero-order chi connectivity index (χ0) is 22.7. The van der Waals surface area contributed by atoms with Crippen molar-refractivity contribution >= 4 is 55.6 Å². The second-order valence-corrected chi connectivity index (χ2v) is 11.2. The van der Waals surface area contributed by atoms with Crippen LogP contribution in [0.3, 0.4) is 0 Å². The van der Waals surface area contributed by atoms with E-state index in [1.807, 2.05) is 30.3 Å². The molecule has 1 amide bonds. The van der Waals surface area contributed by atoms with Crippen molar-refractivity contribution in [1.29, 1.82) is 0 Å². The SMILES string of the molecule is O=C(Nc1nnc(-c2ccccc2)s1)C1CCCN(S(=O)(=O)Cc2ccc(Cl)cc2Cl)C1. The Labute approximate surface area is 200 Å². The molecule has 0 aliphatic carbocycles. The number of hydrogen-bond acceptors (Lipinski definition) is 6. The first-order valence-electron chi connectivity index (χ1n) is 9.93. The normalized spacial score (nSPS) is 17.2. The van der Waals surface area contributed by atoms with Crippen molar-refractivity contribution in [2.45, 2.75) is 18.6 Å². The summed E-state index contributed by atoms with van der Waals surface area (Å²) in [6.45, 7) is 0.484. The van der Waals surface area contributed by atoms with Crippen LogP contribution in [0, 0.1) is 5.92 Å². The minimum atomic E-state index is -3.64. The van der Waals surface area contributed by atoms with Gasteiger partial charge in [0.2, 0.25) is 21.1 Å². The number of aromatic nitrogens is 2. The number of hydrogen-bond donors (Lipinski definition) is 1. The number of nitrogens with zero attached hydrogens (tertiary/aromatic N) is 3. The lowest BCUT2D eigenvalue weighted by Gasteiger charge is -2.31. The molecule has 11 heteroatoms. The molecule has 1 unspecified atom stereocenters. The number of benzene rings is 2. The Kier molecular flexibility index (Phi) is 7.11. The van der Waals surface area contributed by atoms with E-state index in [1.54, 1.807) is 12.1 Å². The molecular formula is C21H20Cl2N4O3S2. The van der Waals surface area contributed by atoms with E-state index in [0.717, 1.165) is 5.56 Å².